The number of hydrogen-bond donors (Lipinski definition) is 0. The first-order valence-electron chi connectivity index (χ1n) is 5.43. The molecule has 0 aliphatic rings. The van der Waals surface area contributed by atoms with E-state index in [0.29, 0.717) is 12.1 Å². The molecular formula is C11H9Br2N5OS. The molecule has 6 nitrogen and oxygen atoms in total. The zero-order valence-corrected chi connectivity index (χ0v) is 14.6. The van der Waals surface area contributed by atoms with Crippen molar-refractivity contribution in [2.75, 3.05) is 14.1 Å². The number of amides is 1. The molecule has 0 aromatic carbocycles. The van der Waals surface area contributed by atoms with Crippen LogP contribution >= 0.6 is 43.2 Å². The van der Waals surface area contributed by atoms with Crippen LogP contribution in [0.1, 0.15) is 16.3 Å². The van der Waals surface area contributed by atoms with Gasteiger partial charge < -0.3 is 4.90 Å². The normalized spacial score (nSPS) is 10.3. The highest BCUT2D eigenvalue weighted by atomic mass is 79.9. The zero-order chi connectivity index (χ0) is 14.9. The highest BCUT2D eigenvalue weighted by molar-refractivity contribution is 9.11. The monoisotopic (exact) mass is 417 g/mol. The lowest BCUT2D eigenvalue weighted by molar-refractivity contribution is 0.215. The molecule has 20 heavy (non-hydrogen) atoms. The minimum Gasteiger partial charge on any atom is -0.329 e. The molecule has 0 spiro atoms. The Balaban J connectivity index is 2.41. The van der Waals surface area contributed by atoms with E-state index >= 15 is 0 Å². The summed E-state index contributed by atoms with van der Waals surface area (Å²) in [5.74, 6) is 0. The number of hydrogen-bond acceptors (Lipinski definition) is 5. The lowest BCUT2D eigenvalue weighted by Gasteiger charge is -2.11. The quantitative estimate of drug-likeness (QED) is 0.751. The molecule has 0 aliphatic heterocycles. The van der Waals surface area contributed by atoms with Gasteiger partial charge in [0.1, 0.15) is 10.7 Å². The predicted octanol–water partition coefficient (Wildman–Crippen LogP) is 2.86. The smallest absolute Gasteiger partial charge is 0.329 e. The van der Waals surface area contributed by atoms with Gasteiger partial charge in [0.05, 0.1) is 5.69 Å². The number of carbonyl (C=O) groups excluding carboxylic acids is 1. The summed E-state index contributed by atoms with van der Waals surface area (Å²) in [5, 5.41) is 12.9. The fourth-order valence-electron chi connectivity index (χ4n) is 1.54. The molecule has 1 amide bonds. The maximum absolute atomic E-state index is 12.1. The van der Waals surface area contributed by atoms with Gasteiger partial charge in [-0.1, -0.05) is 0 Å². The van der Waals surface area contributed by atoms with E-state index in [9.17, 15) is 4.79 Å². The maximum atomic E-state index is 12.1. The number of aromatic nitrogens is 3. The van der Waals surface area contributed by atoms with Gasteiger partial charge in [0, 0.05) is 25.4 Å². The van der Waals surface area contributed by atoms with Crippen molar-refractivity contribution >= 4 is 49.2 Å². The van der Waals surface area contributed by atoms with Crippen molar-refractivity contribution in [3.63, 3.8) is 0 Å². The number of thiazole rings is 1. The number of halogens is 2. The van der Waals surface area contributed by atoms with Crippen molar-refractivity contribution in [2.24, 2.45) is 0 Å². The fourth-order valence-corrected chi connectivity index (χ4v) is 3.90. The van der Waals surface area contributed by atoms with Gasteiger partial charge in [0.25, 0.3) is 0 Å². The van der Waals surface area contributed by atoms with E-state index in [2.05, 4.69) is 41.9 Å². The van der Waals surface area contributed by atoms with Crippen LogP contribution in [0.15, 0.2) is 14.6 Å². The third-order valence-electron chi connectivity index (χ3n) is 2.43. The zero-order valence-electron chi connectivity index (χ0n) is 10.6. The average Bonchev–Trinajstić information content (AvgIpc) is 2.92. The van der Waals surface area contributed by atoms with Gasteiger partial charge in [0.2, 0.25) is 0 Å². The summed E-state index contributed by atoms with van der Waals surface area (Å²) in [6.45, 7) is 0. The number of nitrogens with zero attached hydrogens (tertiary/aromatic N) is 5. The van der Waals surface area contributed by atoms with E-state index in [-0.39, 0.29) is 11.7 Å². The fraction of sp³-hybridized carbons (Fsp3) is 0.273. The Morgan fingerprint density at radius 3 is 2.75 bits per heavy atom. The molecule has 0 aliphatic carbocycles. The maximum Gasteiger partial charge on any atom is 0.344 e. The molecule has 0 radical (unpaired) electrons. The Morgan fingerprint density at radius 1 is 1.55 bits per heavy atom. The first kappa shape index (κ1) is 15.2. The highest BCUT2D eigenvalue weighted by Crippen LogP contribution is 2.29. The van der Waals surface area contributed by atoms with Crippen LogP contribution in [0.2, 0.25) is 0 Å². The first-order valence-corrected chi connectivity index (χ1v) is 7.84. The molecule has 0 N–H and O–H groups in total. The predicted molar refractivity (Wildman–Crippen MR) is 81.7 cm³/mol. The van der Waals surface area contributed by atoms with Crippen LogP contribution in [0.4, 0.5) is 4.79 Å². The first-order chi connectivity index (χ1) is 9.42. The van der Waals surface area contributed by atoms with E-state index in [1.54, 1.807) is 20.2 Å². The lowest BCUT2D eigenvalue weighted by Crippen LogP contribution is -2.29. The molecule has 0 unspecified atom stereocenters. The SMILES string of the molecule is CN(C)C(=O)n1nc(C#N)cc1Cc1sc(Br)nc1Br. The average molecular weight is 419 g/mol. The number of rotatable bonds is 2. The van der Waals surface area contributed by atoms with Crippen LogP contribution in [0.25, 0.3) is 0 Å². The summed E-state index contributed by atoms with van der Waals surface area (Å²) in [6.07, 6.45) is 0.470. The van der Waals surface area contributed by atoms with E-state index < -0.39 is 0 Å². The van der Waals surface area contributed by atoms with Crippen LogP contribution < -0.4 is 0 Å². The van der Waals surface area contributed by atoms with Gasteiger partial charge in [-0.15, -0.1) is 11.3 Å². The summed E-state index contributed by atoms with van der Waals surface area (Å²) >= 11 is 8.15. The van der Waals surface area contributed by atoms with Crippen LogP contribution in [0, 0.1) is 11.3 Å². The van der Waals surface area contributed by atoms with Crippen molar-refractivity contribution < 1.29 is 4.79 Å². The molecule has 104 valence electrons. The molecule has 2 rings (SSSR count). The lowest BCUT2D eigenvalue weighted by atomic mass is 10.2. The van der Waals surface area contributed by atoms with Crippen molar-refractivity contribution in [3.8, 4) is 6.07 Å². The van der Waals surface area contributed by atoms with Crippen LogP contribution in [-0.2, 0) is 6.42 Å². The minimum absolute atomic E-state index is 0.218. The minimum atomic E-state index is -0.291. The van der Waals surface area contributed by atoms with Gasteiger partial charge in [-0.25, -0.2) is 9.78 Å². The van der Waals surface area contributed by atoms with E-state index in [4.69, 9.17) is 5.26 Å². The van der Waals surface area contributed by atoms with E-state index in [1.165, 1.54) is 20.9 Å². The molecular weight excluding hydrogens is 410 g/mol. The van der Waals surface area contributed by atoms with Gasteiger partial charge in [-0.2, -0.15) is 15.0 Å². The van der Waals surface area contributed by atoms with Crippen molar-refractivity contribution in [1.82, 2.24) is 19.7 Å². The van der Waals surface area contributed by atoms with Gasteiger partial charge in [-0.3, -0.25) is 0 Å². The topological polar surface area (TPSA) is 74.8 Å². The third-order valence-corrected chi connectivity index (χ3v) is 4.85. The second-order valence-corrected chi connectivity index (χ2v) is 7.19. The highest BCUT2D eigenvalue weighted by Gasteiger charge is 2.18. The number of carbonyl (C=O) groups is 1. The van der Waals surface area contributed by atoms with Crippen molar-refractivity contribution in [1.29, 1.82) is 5.26 Å². The molecule has 0 saturated carbocycles. The van der Waals surface area contributed by atoms with E-state index in [1.807, 2.05) is 6.07 Å². The van der Waals surface area contributed by atoms with Gasteiger partial charge >= 0.3 is 6.03 Å². The molecule has 2 aromatic heterocycles. The Kier molecular flexibility index (Phi) is 4.57. The molecule has 2 heterocycles. The molecule has 9 heteroatoms. The summed E-state index contributed by atoms with van der Waals surface area (Å²) in [4.78, 5) is 18.6. The largest absolute Gasteiger partial charge is 0.344 e. The second kappa shape index (κ2) is 6.03. The third kappa shape index (κ3) is 3.08. The summed E-state index contributed by atoms with van der Waals surface area (Å²) in [7, 11) is 3.28. The standard InChI is InChI=1S/C11H9Br2N5OS/c1-17(2)11(19)18-7(3-6(5-14)16-18)4-8-9(12)15-10(13)20-8/h3H,4H2,1-2H3. The van der Waals surface area contributed by atoms with Crippen LogP contribution in [-0.4, -0.2) is 39.8 Å². The Labute approximate surface area is 136 Å². The summed E-state index contributed by atoms with van der Waals surface area (Å²) < 4.78 is 2.72. The Hall–Kier alpha value is -1.24. The van der Waals surface area contributed by atoms with Crippen molar-refractivity contribution in [3.05, 3.63) is 30.9 Å². The van der Waals surface area contributed by atoms with Gasteiger partial charge in [0.15, 0.2) is 9.61 Å². The molecule has 0 fully saturated rings. The Bertz CT molecular complexity index is 700. The second-order valence-electron chi connectivity index (χ2n) is 4.08. The van der Waals surface area contributed by atoms with Gasteiger partial charge in [-0.05, 0) is 37.9 Å². The summed E-state index contributed by atoms with van der Waals surface area (Å²) in [5.41, 5.74) is 0.868. The molecule has 0 atom stereocenters. The van der Waals surface area contributed by atoms with E-state index in [0.717, 1.165) is 13.4 Å². The summed E-state index contributed by atoms with van der Waals surface area (Å²) in [6, 6.07) is 3.27. The van der Waals surface area contributed by atoms with Crippen molar-refractivity contribution in [2.45, 2.75) is 6.42 Å². The number of nitriles is 1. The van der Waals surface area contributed by atoms with Crippen LogP contribution in [0.5, 0.6) is 0 Å². The molecule has 2 aromatic rings. The molecule has 0 bridgehead atoms. The Morgan fingerprint density at radius 2 is 2.25 bits per heavy atom. The van der Waals surface area contributed by atoms with Crippen LogP contribution in [0.3, 0.4) is 0 Å². The molecule has 0 saturated heterocycles.